The van der Waals surface area contributed by atoms with E-state index in [2.05, 4.69) is 48.4 Å². The summed E-state index contributed by atoms with van der Waals surface area (Å²) in [6, 6.07) is 9.53. The van der Waals surface area contributed by atoms with Crippen LogP contribution in [0.1, 0.15) is 40.0 Å². The van der Waals surface area contributed by atoms with Crippen molar-refractivity contribution in [1.29, 1.82) is 0 Å². The summed E-state index contributed by atoms with van der Waals surface area (Å²) >= 11 is 3.79. The third kappa shape index (κ3) is 2.86. The summed E-state index contributed by atoms with van der Waals surface area (Å²) in [6.07, 6.45) is 1.96. The lowest BCUT2D eigenvalue weighted by Crippen LogP contribution is -2.29. The molecule has 2 aromatic rings. The second-order valence-electron chi connectivity index (χ2n) is 4.96. The highest BCUT2D eigenvalue weighted by molar-refractivity contribution is 7.98. The minimum atomic E-state index is 0.315. The Kier molecular flexibility index (Phi) is 3.91. The van der Waals surface area contributed by atoms with Crippen LogP contribution in [0.5, 0.6) is 0 Å². The monoisotopic (exact) mass is 290 g/mol. The van der Waals surface area contributed by atoms with Crippen LogP contribution in [0.25, 0.3) is 0 Å². The number of fused-ring (bicyclic) bond motifs is 1. The van der Waals surface area contributed by atoms with E-state index in [1.165, 1.54) is 21.0 Å². The molecule has 100 valence electrons. The summed E-state index contributed by atoms with van der Waals surface area (Å²) in [6.45, 7) is 4.32. The maximum Gasteiger partial charge on any atom is 0.109 e. The number of hydrogen-bond donors (Lipinski definition) is 1. The molecule has 1 aromatic heterocycles. The first-order valence-electron chi connectivity index (χ1n) is 6.58. The third-order valence-electron chi connectivity index (χ3n) is 3.43. The van der Waals surface area contributed by atoms with E-state index in [-0.39, 0.29) is 0 Å². The van der Waals surface area contributed by atoms with Gasteiger partial charge in [0.15, 0.2) is 0 Å². The molecule has 2 atom stereocenters. The zero-order chi connectivity index (χ0) is 13.2. The molecule has 0 spiro atoms. The number of thiazole rings is 1. The van der Waals surface area contributed by atoms with E-state index in [1.807, 2.05) is 18.0 Å². The van der Waals surface area contributed by atoms with Crippen LogP contribution in [-0.4, -0.2) is 10.7 Å². The van der Waals surface area contributed by atoms with Gasteiger partial charge in [0, 0.05) is 28.6 Å². The van der Waals surface area contributed by atoms with Gasteiger partial charge in [0.2, 0.25) is 0 Å². The Bertz CT molecular complexity index is 565. The molecule has 0 amide bonds. The second-order valence-corrected chi connectivity index (χ2v) is 7.26. The first kappa shape index (κ1) is 13.2. The maximum atomic E-state index is 4.49. The molecule has 0 radical (unpaired) electrons. The van der Waals surface area contributed by atoms with Gasteiger partial charge < -0.3 is 5.32 Å². The number of rotatable bonds is 3. The van der Waals surface area contributed by atoms with Crippen molar-refractivity contribution in [3.05, 3.63) is 51.5 Å². The minimum absolute atomic E-state index is 0.315. The van der Waals surface area contributed by atoms with Crippen molar-refractivity contribution in [2.45, 2.75) is 31.7 Å². The lowest BCUT2D eigenvalue weighted by molar-refractivity contribution is 0.494. The Morgan fingerprint density at radius 3 is 3.00 bits per heavy atom. The molecule has 0 bridgehead atoms. The Balaban J connectivity index is 1.77. The molecule has 1 aliphatic heterocycles. The predicted molar refractivity (Wildman–Crippen MR) is 83.7 cm³/mol. The van der Waals surface area contributed by atoms with Crippen LogP contribution in [0.2, 0.25) is 0 Å². The molecule has 3 rings (SSSR count). The second kappa shape index (κ2) is 5.65. The fourth-order valence-corrected chi connectivity index (χ4v) is 4.36. The highest BCUT2D eigenvalue weighted by Gasteiger charge is 2.22. The van der Waals surface area contributed by atoms with Crippen LogP contribution in [-0.2, 0) is 5.75 Å². The van der Waals surface area contributed by atoms with Crippen LogP contribution in [0, 0.1) is 6.92 Å². The largest absolute Gasteiger partial charge is 0.300 e. The molecular formula is C15H18N2S2. The van der Waals surface area contributed by atoms with Crippen LogP contribution < -0.4 is 5.32 Å². The van der Waals surface area contributed by atoms with Crippen LogP contribution in [0.15, 0.2) is 30.5 Å². The van der Waals surface area contributed by atoms with Crippen LogP contribution in [0.4, 0.5) is 0 Å². The van der Waals surface area contributed by atoms with E-state index >= 15 is 0 Å². The molecule has 2 unspecified atom stereocenters. The third-order valence-corrected chi connectivity index (χ3v) is 5.61. The van der Waals surface area contributed by atoms with Gasteiger partial charge in [-0.2, -0.15) is 11.8 Å². The minimum Gasteiger partial charge on any atom is -0.300 e. The topological polar surface area (TPSA) is 24.9 Å². The lowest BCUT2D eigenvalue weighted by Gasteiger charge is -2.28. The summed E-state index contributed by atoms with van der Waals surface area (Å²) < 4.78 is 0. The van der Waals surface area contributed by atoms with Crippen LogP contribution in [0.3, 0.4) is 0 Å². The number of aromatic nitrogens is 1. The number of benzene rings is 1. The molecule has 1 N–H and O–H groups in total. The number of nitrogens with zero attached hydrogens (tertiary/aromatic N) is 1. The first-order chi connectivity index (χ1) is 9.24. The first-order valence-corrected chi connectivity index (χ1v) is 8.55. The van der Waals surface area contributed by atoms with Crippen molar-refractivity contribution < 1.29 is 0 Å². The molecule has 19 heavy (non-hydrogen) atoms. The molecule has 0 fully saturated rings. The Morgan fingerprint density at radius 2 is 2.21 bits per heavy atom. The average Bonchev–Trinajstić information content (AvgIpc) is 2.86. The van der Waals surface area contributed by atoms with E-state index in [1.54, 1.807) is 11.3 Å². The number of hydrogen-bond acceptors (Lipinski definition) is 4. The van der Waals surface area contributed by atoms with E-state index in [0.29, 0.717) is 12.1 Å². The maximum absolute atomic E-state index is 4.49. The van der Waals surface area contributed by atoms with Gasteiger partial charge in [0.1, 0.15) is 5.01 Å². The average molecular weight is 290 g/mol. The fourth-order valence-electron chi connectivity index (χ4n) is 2.47. The van der Waals surface area contributed by atoms with Gasteiger partial charge in [-0.3, -0.25) is 0 Å². The normalized spacial score (nSPS) is 20.0. The summed E-state index contributed by atoms with van der Waals surface area (Å²) in [7, 11) is 0. The van der Waals surface area contributed by atoms with E-state index in [4.69, 9.17) is 0 Å². The Labute approximate surface area is 122 Å². The Morgan fingerprint density at radius 1 is 1.37 bits per heavy atom. The molecule has 2 nitrogen and oxygen atoms in total. The standard InChI is InChI=1S/C15H18N2S2/c1-10-7-16-15(19-10)11(2)17-14-9-18-8-12-5-3-4-6-13(12)14/h3-7,11,14,17H,8-9H2,1-2H3. The van der Waals surface area contributed by atoms with Crippen molar-refractivity contribution >= 4 is 23.1 Å². The van der Waals surface area contributed by atoms with Crippen LogP contribution >= 0.6 is 23.1 Å². The van der Waals surface area contributed by atoms with Gasteiger partial charge in [-0.25, -0.2) is 4.98 Å². The highest BCUT2D eigenvalue weighted by Crippen LogP contribution is 2.33. The Hall–Kier alpha value is -0.840. The number of nitrogens with one attached hydrogen (secondary N) is 1. The zero-order valence-corrected chi connectivity index (χ0v) is 12.9. The summed E-state index contributed by atoms with van der Waals surface area (Å²) in [5.74, 6) is 2.28. The lowest BCUT2D eigenvalue weighted by atomic mass is 10.0. The van der Waals surface area contributed by atoms with E-state index < -0.39 is 0 Å². The molecule has 1 aromatic carbocycles. The number of aryl methyl sites for hydroxylation is 1. The van der Waals surface area contributed by atoms with E-state index in [9.17, 15) is 0 Å². The quantitative estimate of drug-likeness (QED) is 0.921. The molecule has 1 aliphatic rings. The fraction of sp³-hybridized carbons (Fsp3) is 0.400. The van der Waals surface area contributed by atoms with Gasteiger partial charge in [-0.15, -0.1) is 11.3 Å². The van der Waals surface area contributed by atoms with Gasteiger partial charge in [0.05, 0.1) is 6.04 Å². The molecule has 0 saturated heterocycles. The van der Waals surface area contributed by atoms with Gasteiger partial charge >= 0.3 is 0 Å². The predicted octanol–water partition coefficient (Wildman–Crippen LogP) is 4.09. The SMILES string of the molecule is Cc1cnc(C(C)NC2CSCc3ccccc32)s1. The van der Waals surface area contributed by atoms with E-state index in [0.717, 1.165) is 11.5 Å². The van der Waals surface area contributed by atoms with Gasteiger partial charge in [0.25, 0.3) is 0 Å². The summed E-state index contributed by atoms with van der Waals surface area (Å²) in [5.41, 5.74) is 2.93. The van der Waals surface area contributed by atoms with Gasteiger partial charge in [-0.05, 0) is 25.0 Å². The molecule has 0 saturated carbocycles. The summed E-state index contributed by atoms with van der Waals surface area (Å²) in [5, 5.41) is 4.92. The van der Waals surface area contributed by atoms with Crippen molar-refractivity contribution in [2.75, 3.05) is 5.75 Å². The smallest absolute Gasteiger partial charge is 0.109 e. The zero-order valence-electron chi connectivity index (χ0n) is 11.2. The van der Waals surface area contributed by atoms with Crippen molar-refractivity contribution in [3.63, 3.8) is 0 Å². The van der Waals surface area contributed by atoms with Crippen molar-refractivity contribution in [3.8, 4) is 0 Å². The van der Waals surface area contributed by atoms with Crippen molar-refractivity contribution in [2.24, 2.45) is 0 Å². The molecular weight excluding hydrogens is 272 g/mol. The summed E-state index contributed by atoms with van der Waals surface area (Å²) in [4.78, 5) is 5.77. The molecule has 4 heteroatoms. The van der Waals surface area contributed by atoms with Crippen molar-refractivity contribution in [1.82, 2.24) is 10.3 Å². The number of thioether (sulfide) groups is 1. The molecule has 2 heterocycles. The highest BCUT2D eigenvalue weighted by atomic mass is 32.2. The van der Waals surface area contributed by atoms with Gasteiger partial charge in [-0.1, -0.05) is 24.3 Å². The molecule has 0 aliphatic carbocycles.